The lowest BCUT2D eigenvalue weighted by Gasteiger charge is -2.13. The Kier molecular flexibility index (Phi) is 10.5. The zero-order chi connectivity index (χ0) is 8.69. The maximum atomic E-state index is 10.2. The van der Waals surface area contributed by atoms with Gasteiger partial charge in [-0.3, -0.25) is 4.79 Å². The lowest BCUT2D eigenvalue weighted by Crippen LogP contribution is -2.22. The molecule has 0 saturated heterocycles. The van der Waals surface area contributed by atoms with Crippen molar-refractivity contribution < 1.29 is 9.90 Å². The van der Waals surface area contributed by atoms with Crippen LogP contribution >= 0.6 is 12.4 Å². The highest BCUT2D eigenvalue weighted by atomic mass is 35.5. The van der Waals surface area contributed by atoms with E-state index >= 15 is 0 Å². The third-order valence-electron chi connectivity index (χ3n) is 1.60. The number of carboxylic acids is 1. The first-order valence-corrected chi connectivity index (χ1v) is 4.07. The number of hydrogen-bond donors (Lipinski definition) is 1. The van der Waals surface area contributed by atoms with Gasteiger partial charge >= 0.3 is 5.97 Å². The summed E-state index contributed by atoms with van der Waals surface area (Å²) in [5, 5.41) is 8.36. The van der Waals surface area contributed by atoms with Gasteiger partial charge in [-0.2, -0.15) is 0 Å². The molecule has 1 N–H and O–H groups in total. The van der Waals surface area contributed by atoms with Crippen molar-refractivity contribution in [3.05, 3.63) is 0 Å². The smallest absolute Gasteiger partial charge is 0.304 e. The second-order valence-electron chi connectivity index (χ2n) is 2.80. The third-order valence-corrected chi connectivity index (χ3v) is 1.60. The largest absolute Gasteiger partial charge is 0.481 e. The minimum Gasteiger partial charge on any atom is -0.481 e. The van der Waals surface area contributed by atoms with Gasteiger partial charge < -0.3 is 10.0 Å². The van der Waals surface area contributed by atoms with Crippen LogP contribution in [0.3, 0.4) is 0 Å². The normalized spacial score (nSPS) is 9.58. The number of rotatable bonds is 6. The molecule has 74 valence electrons. The molecule has 0 aromatic rings. The molecule has 0 bridgehead atoms. The van der Waals surface area contributed by atoms with Crippen LogP contribution in [0.25, 0.3) is 0 Å². The number of carboxylic acid groups (broad SMARTS) is 1. The molecule has 3 nitrogen and oxygen atoms in total. The first kappa shape index (κ1) is 14.3. The molecule has 0 aliphatic rings. The van der Waals surface area contributed by atoms with Crippen molar-refractivity contribution in [3.8, 4) is 0 Å². The zero-order valence-corrected chi connectivity index (χ0v) is 8.56. The van der Waals surface area contributed by atoms with Gasteiger partial charge in [-0.15, -0.1) is 12.4 Å². The van der Waals surface area contributed by atoms with Crippen molar-refractivity contribution in [2.45, 2.75) is 26.2 Å². The van der Waals surface area contributed by atoms with Gasteiger partial charge in [0, 0.05) is 6.54 Å². The first-order valence-electron chi connectivity index (χ1n) is 4.07. The summed E-state index contributed by atoms with van der Waals surface area (Å²) < 4.78 is 0. The lowest BCUT2D eigenvalue weighted by molar-refractivity contribution is -0.137. The molecular formula is C8H18ClNO2. The van der Waals surface area contributed by atoms with Crippen LogP contribution in [0.5, 0.6) is 0 Å². The molecule has 0 aliphatic heterocycles. The van der Waals surface area contributed by atoms with Crippen molar-refractivity contribution in [2.75, 3.05) is 20.1 Å². The summed E-state index contributed by atoms with van der Waals surface area (Å²) in [6, 6.07) is 0. The highest BCUT2D eigenvalue weighted by molar-refractivity contribution is 5.85. The van der Waals surface area contributed by atoms with Crippen LogP contribution in [0.4, 0.5) is 0 Å². The first-order chi connectivity index (χ1) is 5.16. The number of aliphatic carboxylic acids is 1. The molecule has 0 aliphatic carbocycles. The molecule has 0 amide bonds. The summed E-state index contributed by atoms with van der Waals surface area (Å²) in [5.41, 5.74) is 0. The predicted octanol–water partition coefficient (Wildman–Crippen LogP) is 1.61. The molecule has 0 spiro atoms. The molecule has 0 fully saturated rings. The van der Waals surface area contributed by atoms with Crippen molar-refractivity contribution in [2.24, 2.45) is 0 Å². The number of unbranched alkanes of at least 4 members (excludes halogenated alkanes) is 1. The Morgan fingerprint density at radius 1 is 1.42 bits per heavy atom. The van der Waals surface area contributed by atoms with E-state index in [2.05, 4.69) is 11.8 Å². The third kappa shape index (κ3) is 9.72. The lowest BCUT2D eigenvalue weighted by atomic mass is 10.3. The van der Waals surface area contributed by atoms with E-state index in [1.165, 1.54) is 0 Å². The topological polar surface area (TPSA) is 40.5 Å². The minimum atomic E-state index is -0.714. The van der Waals surface area contributed by atoms with Crippen LogP contribution in [0, 0.1) is 0 Å². The Morgan fingerprint density at radius 3 is 2.42 bits per heavy atom. The van der Waals surface area contributed by atoms with E-state index in [-0.39, 0.29) is 18.8 Å². The number of carbonyl (C=O) groups is 1. The van der Waals surface area contributed by atoms with Crippen LogP contribution in [-0.4, -0.2) is 36.1 Å². The summed E-state index contributed by atoms with van der Waals surface area (Å²) in [6.45, 7) is 3.80. The van der Waals surface area contributed by atoms with Gasteiger partial charge in [-0.1, -0.05) is 13.3 Å². The van der Waals surface area contributed by atoms with Crippen LogP contribution in [-0.2, 0) is 4.79 Å². The summed E-state index contributed by atoms with van der Waals surface area (Å²) in [5.74, 6) is -0.714. The van der Waals surface area contributed by atoms with Gasteiger partial charge in [0.2, 0.25) is 0 Å². The molecule has 0 aromatic carbocycles. The van der Waals surface area contributed by atoms with Crippen LogP contribution < -0.4 is 0 Å². The highest BCUT2D eigenvalue weighted by Crippen LogP contribution is 1.92. The van der Waals surface area contributed by atoms with E-state index in [4.69, 9.17) is 5.11 Å². The Morgan fingerprint density at radius 2 is 2.00 bits per heavy atom. The monoisotopic (exact) mass is 195 g/mol. The van der Waals surface area contributed by atoms with Gasteiger partial charge in [0.15, 0.2) is 0 Å². The number of nitrogens with zero attached hydrogens (tertiary/aromatic N) is 1. The molecule has 0 radical (unpaired) electrons. The number of halogens is 1. The van der Waals surface area contributed by atoms with Crippen molar-refractivity contribution in [3.63, 3.8) is 0 Å². The Labute approximate surface area is 80.2 Å². The molecule has 4 heteroatoms. The molecular weight excluding hydrogens is 178 g/mol. The van der Waals surface area contributed by atoms with Gasteiger partial charge in [0.25, 0.3) is 0 Å². The van der Waals surface area contributed by atoms with E-state index in [0.29, 0.717) is 6.54 Å². The fourth-order valence-electron chi connectivity index (χ4n) is 0.826. The standard InChI is InChI=1S/C8H17NO2.ClH/c1-3-4-6-9(2)7-5-8(10)11;/h3-7H2,1-2H3,(H,10,11);1H. The van der Waals surface area contributed by atoms with E-state index in [9.17, 15) is 4.79 Å². The second-order valence-corrected chi connectivity index (χ2v) is 2.80. The average Bonchev–Trinajstić information content (AvgIpc) is 1.97. The van der Waals surface area contributed by atoms with E-state index in [0.717, 1.165) is 19.4 Å². The van der Waals surface area contributed by atoms with Gasteiger partial charge in [0.05, 0.1) is 6.42 Å². The van der Waals surface area contributed by atoms with Crippen molar-refractivity contribution in [1.29, 1.82) is 0 Å². The zero-order valence-electron chi connectivity index (χ0n) is 7.75. The Bertz CT molecular complexity index is 120. The molecule has 12 heavy (non-hydrogen) atoms. The molecule has 0 atom stereocenters. The quantitative estimate of drug-likeness (QED) is 0.700. The molecule has 0 rings (SSSR count). The fraction of sp³-hybridized carbons (Fsp3) is 0.875. The predicted molar refractivity (Wildman–Crippen MR) is 51.9 cm³/mol. The van der Waals surface area contributed by atoms with Crippen LogP contribution in [0.15, 0.2) is 0 Å². The molecule has 0 saturated carbocycles. The van der Waals surface area contributed by atoms with E-state index in [1.807, 2.05) is 7.05 Å². The average molecular weight is 196 g/mol. The SMILES string of the molecule is CCCCN(C)CCC(=O)O.Cl. The van der Waals surface area contributed by atoms with Gasteiger partial charge in [-0.05, 0) is 20.0 Å². The number of hydrogen-bond acceptors (Lipinski definition) is 2. The van der Waals surface area contributed by atoms with Crippen molar-refractivity contribution in [1.82, 2.24) is 4.90 Å². The van der Waals surface area contributed by atoms with Crippen LogP contribution in [0.1, 0.15) is 26.2 Å². The van der Waals surface area contributed by atoms with Gasteiger partial charge in [0.1, 0.15) is 0 Å². The molecule has 0 aromatic heterocycles. The van der Waals surface area contributed by atoms with E-state index in [1.54, 1.807) is 0 Å². The minimum absolute atomic E-state index is 0. The Balaban J connectivity index is 0. The van der Waals surface area contributed by atoms with Gasteiger partial charge in [-0.25, -0.2) is 0 Å². The maximum Gasteiger partial charge on any atom is 0.304 e. The Hall–Kier alpha value is -0.280. The summed E-state index contributed by atoms with van der Waals surface area (Å²) >= 11 is 0. The summed E-state index contributed by atoms with van der Waals surface area (Å²) in [4.78, 5) is 12.2. The summed E-state index contributed by atoms with van der Waals surface area (Å²) in [7, 11) is 1.96. The summed E-state index contributed by atoms with van der Waals surface area (Å²) in [6.07, 6.45) is 2.56. The molecule has 0 unspecified atom stereocenters. The van der Waals surface area contributed by atoms with E-state index < -0.39 is 5.97 Å². The second kappa shape index (κ2) is 8.81. The van der Waals surface area contributed by atoms with Crippen molar-refractivity contribution >= 4 is 18.4 Å². The van der Waals surface area contributed by atoms with Crippen LogP contribution in [0.2, 0.25) is 0 Å². The highest BCUT2D eigenvalue weighted by Gasteiger charge is 2.00. The molecule has 0 heterocycles. The fourth-order valence-corrected chi connectivity index (χ4v) is 0.826. The maximum absolute atomic E-state index is 10.2.